The van der Waals surface area contributed by atoms with E-state index in [1.807, 2.05) is 13.8 Å². The van der Waals surface area contributed by atoms with E-state index in [1.165, 1.54) is 43.9 Å². The van der Waals surface area contributed by atoms with Crippen molar-refractivity contribution in [3.8, 4) is 0 Å². The van der Waals surface area contributed by atoms with Crippen molar-refractivity contribution in [2.45, 2.75) is 57.1 Å². The number of hydrogen-bond acceptors (Lipinski definition) is 5. The molecular weight excluding hydrogens is 274 g/mol. The summed E-state index contributed by atoms with van der Waals surface area (Å²) in [6.07, 6.45) is 6.45. The summed E-state index contributed by atoms with van der Waals surface area (Å²) in [4.78, 5) is 11.9. The van der Waals surface area contributed by atoms with Crippen LogP contribution in [0.15, 0.2) is 5.16 Å². The standard InChI is InChI=1S/C13H23N5OS/c1-10(2)18-13(15-16-17-18)20-9-12(19)14-8-11-6-4-3-5-7-11/h10-11H,3-9H2,1-2H3,(H,14,19). The summed E-state index contributed by atoms with van der Waals surface area (Å²) in [5.41, 5.74) is 0. The molecule has 0 unspecified atom stereocenters. The van der Waals surface area contributed by atoms with E-state index in [4.69, 9.17) is 0 Å². The molecule has 1 aliphatic rings. The van der Waals surface area contributed by atoms with Crippen molar-refractivity contribution in [2.75, 3.05) is 12.3 Å². The summed E-state index contributed by atoms with van der Waals surface area (Å²) >= 11 is 1.39. The number of tetrazole rings is 1. The molecule has 1 aromatic rings. The van der Waals surface area contributed by atoms with E-state index in [-0.39, 0.29) is 11.9 Å². The molecule has 112 valence electrons. The lowest BCUT2D eigenvalue weighted by Crippen LogP contribution is -2.31. The van der Waals surface area contributed by atoms with Gasteiger partial charge in [-0.2, -0.15) is 0 Å². The Labute approximate surface area is 124 Å². The van der Waals surface area contributed by atoms with Gasteiger partial charge in [0.25, 0.3) is 0 Å². The van der Waals surface area contributed by atoms with Crippen LogP contribution in [0.2, 0.25) is 0 Å². The Bertz CT molecular complexity index is 428. The molecule has 6 nitrogen and oxygen atoms in total. The molecule has 0 aromatic carbocycles. The summed E-state index contributed by atoms with van der Waals surface area (Å²) in [6, 6.07) is 0.206. The summed E-state index contributed by atoms with van der Waals surface area (Å²) in [5.74, 6) is 1.11. The largest absolute Gasteiger partial charge is 0.355 e. The average Bonchev–Trinajstić information content (AvgIpc) is 2.92. The van der Waals surface area contributed by atoms with Crippen LogP contribution in [-0.4, -0.2) is 38.4 Å². The van der Waals surface area contributed by atoms with E-state index in [2.05, 4.69) is 20.8 Å². The topological polar surface area (TPSA) is 72.7 Å². The van der Waals surface area contributed by atoms with Gasteiger partial charge in [-0.05, 0) is 43.0 Å². The first-order valence-corrected chi connectivity index (χ1v) is 8.32. The second-order valence-corrected chi connectivity index (χ2v) is 6.54. The Morgan fingerprint density at radius 2 is 2.15 bits per heavy atom. The number of hydrogen-bond donors (Lipinski definition) is 1. The highest BCUT2D eigenvalue weighted by atomic mass is 32.2. The van der Waals surface area contributed by atoms with Gasteiger partial charge in [-0.15, -0.1) is 5.10 Å². The fraction of sp³-hybridized carbons (Fsp3) is 0.846. The Balaban J connectivity index is 1.70. The number of rotatable bonds is 6. The third-order valence-corrected chi connectivity index (χ3v) is 4.53. The zero-order valence-electron chi connectivity index (χ0n) is 12.2. The van der Waals surface area contributed by atoms with Gasteiger partial charge >= 0.3 is 0 Å². The minimum atomic E-state index is 0.0684. The lowest BCUT2D eigenvalue weighted by atomic mass is 9.89. The lowest BCUT2D eigenvalue weighted by Gasteiger charge is -2.21. The van der Waals surface area contributed by atoms with Crippen LogP contribution in [0.5, 0.6) is 0 Å². The minimum absolute atomic E-state index is 0.0684. The summed E-state index contributed by atoms with van der Waals surface area (Å²) in [5, 5.41) is 15.2. The van der Waals surface area contributed by atoms with Crippen LogP contribution in [0.4, 0.5) is 0 Å². The maximum atomic E-state index is 11.9. The Kier molecular flexibility index (Phi) is 5.82. The van der Waals surface area contributed by atoms with Crippen molar-refractivity contribution in [1.29, 1.82) is 0 Å². The van der Waals surface area contributed by atoms with Gasteiger partial charge in [-0.1, -0.05) is 31.0 Å². The zero-order valence-corrected chi connectivity index (χ0v) is 13.0. The monoisotopic (exact) mass is 297 g/mol. The number of carbonyl (C=O) groups is 1. The summed E-state index contributed by atoms with van der Waals surface area (Å²) in [7, 11) is 0. The molecule has 0 spiro atoms. The van der Waals surface area contributed by atoms with Crippen molar-refractivity contribution in [2.24, 2.45) is 5.92 Å². The van der Waals surface area contributed by atoms with Crippen LogP contribution >= 0.6 is 11.8 Å². The van der Waals surface area contributed by atoms with E-state index in [0.717, 1.165) is 6.54 Å². The number of aromatic nitrogens is 4. The van der Waals surface area contributed by atoms with Gasteiger partial charge < -0.3 is 5.32 Å². The molecular formula is C13H23N5OS. The van der Waals surface area contributed by atoms with Gasteiger partial charge in [-0.3, -0.25) is 4.79 Å². The highest BCUT2D eigenvalue weighted by molar-refractivity contribution is 7.99. The van der Waals surface area contributed by atoms with Crippen molar-refractivity contribution in [3.63, 3.8) is 0 Å². The van der Waals surface area contributed by atoms with Crippen molar-refractivity contribution in [1.82, 2.24) is 25.5 Å². The average molecular weight is 297 g/mol. The molecule has 1 aliphatic carbocycles. The fourth-order valence-electron chi connectivity index (χ4n) is 2.44. The van der Waals surface area contributed by atoms with Crippen molar-refractivity contribution in [3.05, 3.63) is 0 Å². The summed E-state index contributed by atoms with van der Waals surface area (Å²) in [6.45, 7) is 4.85. The lowest BCUT2D eigenvalue weighted by molar-refractivity contribution is -0.118. The van der Waals surface area contributed by atoms with Gasteiger partial charge in [0, 0.05) is 6.54 Å². The predicted octanol–water partition coefficient (Wildman–Crippen LogP) is 2.04. The first-order chi connectivity index (χ1) is 9.66. The molecule has 7 heteroatoms. The van der Waals surface area contributed by atoms with E-state index < -0.39 is 0 Å². The zero-order chi connectivity index (χ0) is 14.4. The molecule has 0 atom stereocenters. The molecule has 0 radical (unpaired) electrons. The second kappa shape index (κ2) is 7.61. The van der Waals surface area contributed by atoms with Gasteiger partial charge in [0.2, 0.25) is 11.1 Å². The van der Waals surface area contributed by atoms with Gasteiger partial charge in [0.15, 0.2) is 0 Å². The number of nitrogens with one attached hydrogen (secondary N) is 1. The molecule has 1 saturated carbocycles. The van der Waals surface area contributed by atoms with E-state index >= 15 is 0 Å². The first-order valence-electron chi connectivity index (χ1n) is 7.34. The third kappa shape index (κ3) is 4.47. The Hall–Kier alpha value is -1.11. The van der Waals surface area contributed by atoms with Gasteiger partial charge in [0.05, 0.1) is 11.8 Å². The van der Waals surface area contributed by atoms with Crippen LogP contribution < -0.4 is 5.32 Å². The van der Waals surface area contributed by atoms with Crippen LogP contribution in [0.3, 0.4) is 0 Å². The number of thioether (sulfide) groups is 1. The quantitative estimate of drug-likeness (QED) is 0.814. The molecule has 1 N–H and O–H groups in total. The molecule has 1 aromatic heterocycles. The SMILES string of the molecule is CC(C)n1nnnc1SCC(=O)NCC1CCCCC1. The Morgan fingerprint density at radius 3 is 2.85 bits per heavy atom. The van der Waals surface area contributed by atoms with Gasteiger partial charge in [-0.25, -0.2) is 4.68 Å². The highest BCUT2D eigenvalue weighted by Gasteiger charge is 2.15. The number of nitrogens with zero attached hydrogens (tertiary/aromatic N) is 4. The molecule has 0 saturated heterocycles. The molecule has 2 rings (SSSR count). The smallest absolute Gasteiger partial charge is 0.230 e. The molecule has 20 heavy (non-hydrogen) atoms. The molecule has 0 bridgehead atoms. The number of amides is 1. The third-order valence-electron chi connectivity index (χ3n) is 3.60. The normalized spacial score (nSPS) is 16.6. The maximum Gasteiger partial charge on any atom is 0.230 e. The summed E-state index contributed by atoms with van der Waals surface area (Å²) < 4.78 is 1.74. The molecule has 1 amide bonds. The van der Waals surface area contributed by atoms with Crippen LogP contribution in [0.1, 0.15) is 52.0 Å². The molecule has 1 heterocycles. The van der Waals surface area contributed by atoms with Crippen LogP contribution in [-0.2, 0) is 4.79 Å². The fourth-order valence-corrected chi connectivity index (χ4v) is 3.27. The van der Waals surface area contributed by atoms with Crippen LogP contribution in [0.25, 0.3) is 0 Å². The van der Waals surface area contributed by atoms with Gasteiger partial charge in [0.1, 0.15) is 0 Å². The second-order valence-electron chi connectivity index (χ2n) is 5.60. The highest BCUT2D eigenvalue weighted by Crippen LogP contribution is 2.23. The minimum Gasteiger partial charge on any atom is -0.355 e. The Morgan fingerprint density at radius 1 is 1.40 bits per heavy atom. The van der Waals surface area contributed by atoms with E-state index in [9.17, 15) is 4.79 Å². The van der Waals surface area contributed by atoms with E-state index in [1.54, 1.807) is 4.68 Å². The molecule has 0 aliphatic heterocycles. The maximum absolute atomic E-state index is 11.9. The molecule has 1 fully saturated rings. The number of carbonyl (C=O) groups excluding carboxylic acids is 1. The predicted molar refractivity (Wildman–Crippen MR) is 78.5 cm³/mol. The van der Waals surface area contributed by atoms with E-state index in [0.29, 0.717) is 16.8 Å². The van der Waals surface area contributed by atoms with Crippen LogP contribution in [0, 0.1) is 5.92 Å². The first kappa shape index (κ1) is 15.3. The van der Waals surface area contributed by atoms with Crippen molar-refractivity contribution >= 4 is 17.7 Å². The van der Waals surface area contributed by atoms with Crippen molar-refractivity contribution < 1.29 is 4.79 Å².